The van der Waals surface area contributed by atoms with Crippen LogP contribution in [0.3, 0.4) is 0 Å². The molecular weight excluding hydrogens is 324 g/mol. The molecule has 2 heterocycles. The first-order chi connectivity index (χ1) is 8.01. The summed E-state index contributed by atoms with van der Waals surface area (Å²) in [5, 5.41) is 1.79. The van der Waals surface area contributed by atoms with Crippen molar-refractivity contribution < 1.29 is 8.42 Å². The third-order valence-corrected chi connectivity index (χ3v) is 7.38. The van der Waals surface area contributed by atoms with E-state index in [1.807, 2.05) is 7.05 Å². The van der Waals surface area contributed by atoms with Gasteiger partial charge in [0.15, 0.2) is 0 Å². The van der Waals surface area contributed by atoms with Crippen molar-refractivity contribution in [3.63, 3.8) is 0 Å². The van der Waals surface area contributed by atoms with Gasteiger partial charge in [0.05, 0.1) is 0 Å². The lowest BCUT2D eigenvalue weighted by molar-refractivity contribution is 0.347. The zero-order valence-electron chi connectivity index (χ0n) is 9.60. The van der Waals surface area contributed by atoms with E-state index in [4.69, 9.17) is 0 Å². The third-order valence-electron chi connectivity index (χ3n) is 2.84. The molecule has 0 spiro atoms. The highest BCUT2D eigenvalue weighted by atomic mass is 79.9. The van der Waals surface area contributed by atoms with E-state index >= 15 is 0 Å². The van der Waals surface area contributed by atoms with E-state index in [2.05, 4.69) is 20.8 Å². The number of halogens is 1. The topological polar surface area (TPSA) is 40.6 Å². The summed E-state index contributed by atoms with van der Waals surface area (Å²) in [6.45, 7) is 2.93. The highest BCUT2D eigenvalue weighted by molar-refractivity contribution is 9.10. The second kappa shape index (κ2) is 5.36. The molecule has 0 aromatic carbocycles. The molecule has 0 unspecified atom stereocenters. The number of hydrogen-bond acceptors (Lipinski definition) is 4. The van der Waals surface area contributed by atoms with Crippen molar-refractivity contribution in [2.45, 2.75) is 10.6 Å². The van der Waals surface area contributed by atoms with E-state index in [-0.39, 0.29) is 0 Å². The van der Waals surface area contributed by atoms with Crippen molar-refractivity contribution in [1.29, 1.82) is 0 Å². The maximum Gasteiger partial charge on any atom is 0.253 e. The monoisotopic (exact) mass is 338 g/mol. The van der Waals surface area contributed by atoms with Crippen molar-refractivity contribution in [3.8, 4) is 0 Å². The van der Waals surface area contributed by atoms with Crippen molar-refractivity contribution in [3.05, 3.63) is 15.9 Å². The number of rotatable bonds is 2. The Morgan fingerprint density at radius 3 is 2.71 bits per heavy atom. The molecule has 0 aliphatic carbocycles. The highest BCUT2D eigenvalue weighted by Gasteiger charge is 2.28. The van der Waals surface area contributed by atoms with E-state index in [1.54, 1.807) is 15.8 Å². The lowest BCUT2D eigenvalue weighted by Crippen LogP contribution is -2.34. The summed E-state index contributed by atoms with van der Waals surface area (Å²) in [6.07, 6.45) is 0.888. The van der Waals surface area contributed by atoms with E-state index in [1.165, 1.54) is 11.3 Å². The van der Waals surface area contributed by atoms with Gasteiger partial charge >= 0.3 is 0 Å². The molecule has 17 heavy (non-hydrogen) atoms. The lowest BCUT2D eigenvalue weighted by Gasteiger charge is -2.19. The Kier molecular flexibility index (Phi) is 4.25. The summed E-state index contributed by atoms with van der Waals surface area (Å²) in [4.78, 5) is 2.17. The van der Waals surface area contributed by atoms with Crippen LogP contribution in [0.2, 0.25) is 0 Å². The summed E-state index contributed by atoms with van der Waals surface area (Å²) in [5.41, 5.74) is 0. The van der Waals surface area contributed by atoms with Crippen LogP contribution in [0.15, 0.2) is 20.1 Å². The fraction of sp³-hybridized carbons (Fsp3) is 0.600. The van der Waals surface area contributed by atoms with Gasteiger partial charge in [-0.3, -0.25) is 0 Å². The molecule has 4 nitrogen and oxygen atoms in total. The third kappa shape index (κ3) is 2.90. The molecule has 1 aliphatic rings. The standard InChI is InChI=1S/C10H15BrN2O2S2/c1-12-4-2-5-13(7-6-12)17(14,15)10-9(11)3-8-16-10/h3,8H,2,4-7H2,1H3. The Hall–Kier alpha value is 0.0500. The van der Waals surface area contributed by atoms with Crippen LogP contribution in [0.5, 0.6) is 0 Å². The van der Waals surface area contributed by atoms with Crippen LogP contribution >= 0.6 is 27.3 Å². The minimum absolute atomic E-state index is 0.419. The second-order valence-electron chi connectivity index (χ2n) is 4.12. The first-order valence-electron chi connectivity index (χ1n) is 5.43. The molecule has 0 radical (unpaired) electrons. The summed E-state index contributed by atoms with van der Waals surface area (Å²) in [7, 11) is -1.29. The van der Waals surface area contributed by atoms with Crippen LogP contribution in [0.4, 0.5) is 0 Å². The van der Waals surface area contributed by atoms with E-state index in [0.29, 0.717) is 21.8 Å². The molecule has 0 saturated carbocycles. The molecule has 0 bridgehead atoms. The molecule has 1 saturated heterocycles. The number of nitrogens with zero attached hydrogens (tertiary/aromatic N) is 2. The molecule has 0 N–H and O–H groups in total. The fourth-order valence-corrected chi connectivity index (χ4v) is 5.76. The normalized spacial score (nSPS) is 20.4. The number of sulfonamides is 1. The van der Waals surface area contributed by atoms with Gasteiger partial charge in [-0.05, 0) is 47.4 Å². The van der Waals surface area contributed by atoms with Gasteiger partial charge in [0, 0.05) is 24.1 Å². The maximum atomic E-state index is 12.4. The molecule has 1 aliphatic heterocycles. The van der Waals surface area contributed by atoms with E-state index in [0.717, 1.165) is 19.5 Å². The summed E-state index contributed by atoms with van der Waals surface area (Å²) in [6, 6.07) is 1.78. The van der Waals surface area contributed by atoms with Crippen LogP contribution in [0.25, 0.3) is 0 Å². The number of hydrogen-bond donors (Lipinski definition) is 0. The van der Waals surface area contributed by atoms with Gasteiger partial charge in [-0.25, -0.2) is 8.42 Å². The average molecular weight is 339 g/mol. The Morgan fingerprint density at radius 2 is 2.06 bits per heavy atom. The first-order valence-corrected chi connectivity index (χ1v) is 8.55. The zero-order valence-corrected chi connectivity index (χ0v) is 12.8. The van der Waals surface area contributed by atoms with Crippen LogP contribution in [0.1, 0.15) is 6.42 Å². The van der Waals surface area contributed by atoms with Crippen molar-refractivity contribution in [2.24, 2.45) is 0 Å². The zero-order chi connectivity index (χ0) is 12.5. The minimum atomic E-state index is -3.32. The Bertz CT molecular complexity index is 486. The van der Waals surface area contributed by atoms with Gasteiger partial charge in [0.2, 0.25) is 0 Å². The minimum Gasteiger partial charge on any atom is -0.305 e. The first kappa shape index (κ1) is 13.5. The van der Waals surface area contributed by atoms with Gasteiger partial charge in [-0.1, -0.05) is 0 Å². The SMILES string of the molecule is CN1CCCN(S(=O)(=O)c2sccc2Br)CC1. The molecule has 0 atom stereocenters. The summed E-state index contributed by atoms with van der Waals surface area (Å²) >= 11 is 4.56. The maximum absolute atomic E-state index is 12.4. The largest absolute Gasteiger partial charge is 0.305 e. The smallest absolute Gasteiger partial charge is 0.253 e. The van der Waals surface area contributed by atoms with Gasteiger partial charge in [0.25, 0.3) is 10.0 Å². The Morgan fingerprint density at radius 1 is 1.29 bits per heavy atom. The molecule has 0 amide bonds. The molecule has 1 aromatic heterocycles. The van der Waals surface area contributed by atoms with Gasteiger partial charge in [-0.15, -0.1) is 11.3 Å². The number of thiophene rings is 1. The van der Waals surface area contributed by atoms with E-state index in [9.17, 15) is 8.42 Å². The van der Waals surface area contributed by atoms with Gasteiger partial charge in [-0.2, -0.15) is 4.31 Å². The number of likely N-dealkylation sites (N-methyl/N-ethyl adjacent to an activating group) is 1. The van der Waals surface area contributed by atoms with Gasteiger partial charge < -0.3 is 4.90 Å². The Balaban J connectivity index is 2.24. The van der Waals surface area contributed by atoms with Crippen LogP contribution in [-0.2, 0) is 10.0 Å². The highest BCUT2D eigenvalue weighted by Crippen LogP contribution is 2.30. The molecule has 1 aromatic rings. The summed E-state index contributed by atoms with van der Waals surface area (Å²) < 4.78 is 27.5. The van der Waals surface area contributed by atoms with Gasteiger partial charge in [0.1, 0.15) is 4.21 Å². The van der Waals surface area contributed by atoms with Crippen molar-refractivity contribution in [1.82, 2.24) is 9.21 Å². The molecule has 1 fully saturated rings. The van der Waals surface area contributed by atoms with Crippen LogP contribution < -0.4 is 0 Å². The molecular formula is C10H15BrN2O2S2. The predicted octanol–water partition coefficient (Wildman–Crippen LogP) is 1.84. The van der Waals surface area contributed by atoms with E-state index < -0.39 is 10.0 Å². The van der Waals surface area contributed by atoms with Crippen molar-refractivity contribution >= 4 is 37.3 Å². The molecule has 96 valence electrons. The second-order valence-corrected chi connectivity index (χ2v) is 8.02. The van der Waals surface area contributed by atoms with Crippen LogP contribution in [-0.4, -0.2) is 50.8 Å². The predicted molar refractivity (Wildman–Crippen MR) is 72.9 cm³/mol. The quantitative estimate of drug-likeness (QED) is 0.826. The average Bonchev–Trinajstić information content (AvgIpc) is 2.57. The van der Waals surface area contributed by atoms with Crippen molar-refractivity contribution in [2.75, 3.05) is 33.2 Å². The fourth-order valence-electron chi connectivity index (χ4n) is 1.84. The van der Waals surface area contributed by atoms with Crippen LogP contribution in [0, 0.1) is 0 Å². The molecule has 2 rings (SSSR count). The molecule has 7 heteroatoms. The Labute approximate surface area is 114 Å². The lowest BCUT2D eigenvalue weighted by atomic mass is 10.4. The summed E-state index contributed by atoms with van der Waals surface area (Å²) in [5.74, 6) is 0.